The van der Waals surface area contributed by atoms with Crippen molar-refractivity contribution in [2.45, 2.75) is 32.6 Å². The Kier molecular flexibility index (Phi) is 2.83. The molecule has 3 heteroatoms. The molecule has 1 heterocycles. The van der Waals surface area contributed by atoms with Crippen LogP contribution in [0.4, 0.5) is 5.13 Å². The third kappa shape index (κ3) is 2.44. The minimum absolute atomic E-state index is 0.893. The first kappa shape index (κ1) is 9.00. The van der Waals surface area contributed by atoms with Crippen molar-refractivity contribution in [3.05, 3.63) is 11.1 Å². The largest absolute Gasteiger partial charge is 0.361 e. The van der Waals surface area contributed by atoms with Crippen molar-refractivity contribution < 1.29 is 0 Å². The van der Waals surface area contributed by atoms with Gasteiger partial charge in [-0.1, -0.05) is 12.8 Å². The first-order valence-electron chi connectivity index (χ1n) is 5.00. The molecule has 0 saturated heterocycles. The van der Waals surface area contributed by atoms with Crippen LogP contribution >= 0.6 is 11.3 Å². The second-order valence-corrected chi connectivity index (χ2v) is 4.68. The van der Waals surface area contributed by atoms with E-state index in [1.807, 2.05) is 6.92 Å². The van der Waals surface area contributed by atoms with Crippen LogP contribution in [0.3, 0.4) is 0 Å². The highest BCUT2D eigenvalue weighted by molar-refractivity contribution is 7.13. The summed E-state index contributed by atoms with van der Waals surface area (Å²) in [5.41, 5.74) is 1.12. The van der Waals surface area contributed by atoms with Crippen LogP contribution in [0.2, 0.25) is 0 Å². The lowest BCUT2D eigenvalue weighted by atomic mass is 10.1. The van der Waals surface area contributed by atoms with Gasteiger partial charge < -0.3 is 5.32 Å². The van der Waals surface area contributed by atoms with Crippen molar-refractivity contribution in [3.63, 3.8) is 0 Å². The molecule has 0 amide bonds. The Hall–Kier alpha value is -0.570. The monoisotopic (exact) mass is 196 g/mol. The number of nitrogens with one attached hydrogen (secondary N) is 1. The summed E-state index contributed by atoms with van der Waals surface area (Å²) in [6.45, 7) is 3.16. The molecule has 1 N–H and O–H groups in total. The minimum Gasteiger partial charge on any atom is -0.361 e. The Bertz CT molecular complexity index is 264. The van der Waals surface area contributed by atoms with Crippen molar-refractivity contribution >= 4 is 16.5 Å². The molecular weight excluding hydrogens is 180 g/mol. The van der Waals surface area contributed by atoms with Gasteiger partial charge in [0.2, 0.25) is 0 Å². The van der Waals surface area contributed by atoms with Crippen molar-refractivity contribution in [1.29, 1.82) is 0 Å². The highest BCUT2D eigenvalue weighted by Gasteiger charge is 2.14. The molecule has 1 aromatic rings. The average molecular weight is 196 g/mol. The van der Waals surface area contributed by atoms with E-state index in [2.05, 4.69) is 15.7 Å². The Labute approximate surface area is 83.4 Å². The van der Waals surface area contributed by atoms with Crippen LogP contribution in [0, 0.1) is 12.8 Å². The van der Waals surface area contributed by atoms with Gasteiger partial charge in [-0.3, -0.25) is 0 Å². The molecule has 0 spiro atoms. The number of rotatable bonds is 3. The van der Waals surface area contributed by atoms with Crippen LogP contribution in [0.15, 0.2) is 5.38 Å². The number of thiazole rings is 1. The van der Waals surface area contributed by atoms with E-state index in [4.69, 9.17) is 0 Å². The fourth-order valence-electron chi connectivity index (χ4n) is 1.88. The number of aromatic nitrogens is 1. The lowest BCUT2D eigenvalue weighted by molar-refractivity contribution is 0.579. The molecule has 2 rings (SSSR count). The number of hydrogen-bond acceptors (Lipinski definition) is 3. The molecule has 0 aliphatic heterocycles. The predicted octanol–water partition coefficient (Wildman–Crippen LogP) is 3.05. The van der Waals surface area contributed by atoms with Gasteiger partial charge >= 0.3 is 0 Å². The second-order valence-electron chi connectivity index (χ2n) is 3.83. The van der Waals surface area contributed by atoms with Gasteiger partial charge in [0.1, 0.15) is 0 Å². The fourth-order valence-corrected chi connectivity index (χ4v) is 2.58. The Morgan fingerprint density at radius 1 is 1.54 bits per heavy atom. The summed E-state index contributed by atoms with van der Waals surface area (Å²) < 4.78 is 0. The topological polar surface area (TPSA) is 24.9 Å². The maximum absolute atomic E-state index is 4.38. The molecule has 0 aromatic carbocycles. The lowest BCUT2D eigenvalue weighted by Crippen LogP contribution is -2.10. The maximum Gasteiger partial charge on any atom is 0.182 e. The van der Waals surface area contributed by atoms with Crippen molar-refractivity contribution in [2.75, 3.05) is 11.9 Å². The molecule has 13 heavy (non-hydrogen) atoms. The van der Waals surface area contributed by atoms with E-state index >= 15 is 0 Å². The van der Waals surface area contributed by atoms with Gasteiger partial charge in [-0.25, -0.2) is 4.98 Å². The number of hydrogen-bond donors (Lipinski definition) is 1. The van der Waals surface area contributed by atoms with E-state index in [1.165, 1.54) is 25.7 Å². The standard InChI is InChI=1S/C10H16N2S/c1-8-7-13-10(12-8)11-6-9-4-2-3-5-9/h7,9H,2-6H2,1H3,(H,11,12). The molecule has 1 aliphatic rings. The summed E-state index contributed by atoms with van der Waals surface area (Å²) in [5.74, 6) is 0.893. The van der Waals surface area contributed by atoms with Crippen LogP contribution < -0.4 is 5.32 Å². The number of nitrogens with zero attached hydrogens (tertiary/aromatic N) is 1. The smallest absolute Gasteiger partial charge is 0.182 e. The third-order valence-electron chi connectivity index (χ3n) is 2.64. The SMILES string of the molecule is Cc1csc(NCC2CCCC2)n1. The summed E-state index contributed by atoms with van der Waals surface area (Å²) in [4.78, 5) is 4.38. The zero-order valence-electron chi connectivity index (χ0n) is 8.05. The molecule has 1 fully saturated rings. The van der Waals surface area contributed by atoms with Gasteiger partial charge in [0.25, 0.3) is 0 Å². The first-order chi connectivity index (χ1) is 6.34. The Morgan fingerprint density at radius 3 is 2.92 bits per heavy atom. The molecule has 2 nitrogen and oxygen atoms in total. The molecule has 1 aromatic heterocycles. The van der Waals surface area contributed by atoms with E-state index in [-0.39, 0.29) is 0 Å². The first-order valence-corrected chi connectivity index (χ1v) is 5.88. The molecule has 0 atom stereocenters. The Morgan fingerprint density at radius 2 is 2.31 bits per heavy atom. The molecule has 0 radical (unpaired) electrons. The van der Waals surface area contributed by atoms with Crippen molar-refractivity contribution in [3.8, 4) is 0 Å². The summed E-state index contributed by atoms with van der Waals surface area (Å²) in [6, 6.07) is 0. The fraction of sp³-hybridized carbons (Fsp3) is 0.700. The van der Waals surface area contributed by atoms with Gasteiger partial charge in [-0.2, -0.15) is 0 Å². The van der Waals surface area contributed by atoms with Gasteiger partial charge in [0.05, 0.1) is 5.69 Å². The number of anilines is 1. The maximum atomic E-state index is 4.38. The average Bonchev–Trinajstić information content (AvgIpc) is 2.71. The van der Waals surface area contributed by atoms with Crippen LogP contribution in [-0.4, -0.2) is 11.5 Å². The molecule has 1 saturated carbocycles. The Balaban J connectivity index is 1.78. The highest BCUT2D eigenvalue weighted by Crippen LogP contribution is 2.25. The summed E-state index contributed by atoms with van der Waals surface area (Å²) in [5, 5.41) is 6.60. The summed E-state index contributed by atoms with van der Waals surface area (Å²) in [6.07, 6.45) is 5.64. The van der Waals surface area contributed by atoms with E-state index in [1.54, 1.807) is 11.3 Å². The molecule has 0 bridgehead atoms. The van der Waals surface area contributed by atoms with Gasteiger partial charge in [0, 0.05) is 11.9 Å². The molecule has 1 aliphatic carbocycles. The predicted molar refractivity (Wildman–Crippen MR) is 57.3 cm³/mol. The van der Waals surface area contributed by atoms with Gasteiger partial charge in [-0.15, -0.1) is 11.3 Å². The van der Waals surface area contributed by atoms with E-state index in [0.29, 0.717) is 0 Å². The van der Waals surface area contributed by atoms with E-state index in [0.717, 1.165) is 23.3 Å². The summed E-state index contributed by atoms with van der Waals surface area (Å²) in [7, 11) is 0. The van der Waals surface area contributed by atoms with Gasteiger partial charge in [0.15, 0.2) is 5.13 Å². The second kappa shape index (κ2) is 4.09. The zero-order valence-corrected chi connectivity index (χ0v) is 8.86. The zero-order chi connectivity index (χ0) is 9.10. The highest BCUT2D eigenvalue weighted by atomic mass is 32.1. The normalized spacial score (nSPS) is 17.9. The van der Waals surface area contributed by atoms with E-state index in [9.17, 15) is 0 Å². The number of aryl methyl sites for hydroxylation is 1. The van der Waals surface area contributed by atoms with Crippen LogP contribution in [0.25, 0.3) is 0 Å². The summed E-state index contributed by atoms with van der Waals surface area (Å²) >= 11 is 1.71. The minimum atomic E-state index is 0.893. The van der Waals surface area contributed by atoms with Crippen molar-refractivity contribution in [1.82, 2.24) is 4.98 Å². The molecular formula is C10H16N2S. The van der Waals surface area contributed by atoms with Gasteiger partial charge in [-0.05, 0) is 25.7 Å². The van der Waals surface area contributed by atoms with Crippen LogP contribution in [0.5, 0.6) is 0 Å². The molecule has 0 unspecified atom stereocenters. The third-order valence-corrected chi connectivity index (χ3v) is 3.55. The molecule has 72 valence electrons. The lowest BCUT2D eigenvalue weighted by Gasteiger charge is -2.08. The van der Waals surface area contributed by atoms with E-state index < -0.39 is 0 Å². The van der Waals surface area contributed by atoms with Crippen LogP contribution in [-0.2, 0) is 0 Å². The van der Waals surface area contributed by atoms with Crippen LogP contribution in [0.1, 0.15) is 31.4 Å². The quantitative estimate of drug-likeness (QED) is 0.803. The van der Waals surface area contributed by atoms with Crippen molar-refractivity contribution in [2.24, 2.45) is 5.92 Å².